The molecule has 0 N–H and O–H groups in total. The summed E-state index contributed by atoms with van der Waals surface area (Å²) in [7, 11) is 1.99. The normalized spacial score (nSPS) is 12.5. The van der Waals surface area contributed by atoms with Gasteiger partial charge in [0.05, 0.1) is 0 Å². The summed E-state index contributed by atoms with van der Waals surface area (Å²) in [5.74, 6) is 0.889. The molecule has 0 aliphatic rings. The Balaban J connectivity index is 2.44. The van der Waals surface area contributed by atoms with Crippen molar-refractivity contribution in [3.63, 3.8) is 0 Å². The minimum absolute atomic E-state index is 0.208. The van der Waals surface area contributed by atoms with Gasteiger partial charge in [0.2, 0.25) is 0 Å². The number of aromatic nitrogens is 2. The molecule has 13 heavy (non-hydrogen) atoms. The van der Waals surface area contributed by atoms with E-state index in [9.17, 15) is 0 Å². The van der Waals surface area contributed by atoms with E-state index in [-0.39, 0.29) is 5.38 Å². The van der Waals surface area contributed by atoms with Crippen molar-refractivity contribution in [3.05, 3.63) is 18.3 Å². The van der Waals surface area contributed by atoms with Crippen LogP contribution >= 0.6 is 11.6 Å². The predicted octanol–water partition coefficient (Wildman–Crippen LogP) is 1.93. The molecule has 1 unspecified atom stereocenters. The Morgan fingerprint density at radius 3 is 2.92 bits per heavy atom. The number of halogens is 1. The van der Waals surface area contributed by atoms with Crippen LogP contribution in [0, 0.1) is 0 Å². The average Bonchev–Trinajstić information content (AvgIpc) is 2.15. The Kier molecular flexibility index (Phi) is 3.96. The minimum atomic E-state index is 0.208. The molecule has 1 heterocycles. The van der Waals surface area contributed by atoms with Gasteiger partial charge in [-0.2, -0.15) is 5.10 Å². The molecule has 0 saturated carbocycles. The first-order valence-corrected chi connectivity index (χ1v) is 4.76. The lowest BCUT2D eigenvalue weighted by Gasteiger charge is -2.17. The highest BCUT2D eigenvalue weighted by Crippen LogP contribution is 2.08. The molecular formula is C9H14ClN3. The Hall–Kier alpha value is -0.830. The van der Waals surface area contributed by atoms with E-state index in [1.807, 2.05) is 31.0 Å². The SMILES string of the molecule is CC(Cl)CCN(C)c1cccnn1. The monoisotopic (exact) mass is 199 g/mol. The largest absolute Gasteiger partial charge is 0.358 e. The third-order valence-electron chi connectivity index (χ3n) is 1.81. The van der Waals surface area contributed by atoms with Crippen LogP contribution in [-0.2, 0) is 0 Å². The zero-order valence-corrected chi connectivity index (χ0v) is 8.70. The second-order valence-corrected chi connectivity index (χ2v) is 3.82. The van der Waals surface area contributed by atoms with Gasteiger partial charge in [-0.3, -0.25) is 0 Å². The number of anilines is 1. The fourth-order valence-electron chi connectivity index (χ4n) is 0.983. The van der Waals surface area contributed by atoms with Crippen LogP contribution in [0.25, 0.3) is 0 Å². The van der Waals surface area contributed by atoms with E-state index in [0.717, 1.165) is 18.8 Å². The summed E-state index contributed by atoms with van der Waals surface area (Å²) in [5.41, 5.74) is 0. The first-order valence-electron chi connectivity index (χ1n) is 4.33. The van der Waals surface area contributed by atoms with Crippen LogP contribution in [0.5, 0.6) is 0 Å². The lowest BCUT2D eigenvalue weighted by Crippen LogP contribution is -2.21. The number of hydrogen-bond donors (Lipinski definition) is 0. The van der Waals surface area contributed by atoms with E-state index in [1.54, 1.807) is 6.20 Å². The van der Waals surface area contributed by atoms with Crippen molar-refractivity contribution in [1.29, 1.82) is 0 Å². The Labute approximate surface area is 83.7 Å². The van der Waals surface area contributed by atoms with Crippen molar-refractivity contribution >= 4 is 17.4 Å². The van der Waals surface area contributed by atoms with Gasteiger partial charge in [0.1, 0.15) is 0 Å². The van der Waals surface area contributed by atoms with Gasteiger partial charge in [0.15, 0.2) is 5.82 Å². The second-order valence-electron chi connectivity index (χ2n) is 3.07. The minimum Gasteiger partial charge on any atom is -0.358 e. The molecule has 0 aliphatic heterocycles. The first-order chi connectivity index (χ1) is 6.20. The molecule has 0 fully saturated rings. The summed E-state index contributed by atoms with van der Waals surface area (Å²) >= 11 is 5.85. The third-order valence-corrected chi connectivity index (χ3v) is 2.03. The summed E-state index contributed by atoms with van der Waals surface area (Å²) < 4.78 is 0. The molecule has 1 atom stereocenters. The van der Waals surface area contributed by atoms with Crippen molar-refractivity contribution < 1.29 is 0 Å². The maximum Gasteiger partial charge on any atom is 0.150 e. The van der Waals surface area contributed by atoms with Crippen molar-refractivity contribution in [3.8, 4) is 0 Å². The summed E-state index contributed by atoms with van der Waals surface area (Å²) in [6, 6.07) is 3.81. The van der Waals surface area contributed by atoms with E-state index < -0.39 is 0 Å². The molecule has 4 heteroatoms. The third kappa shape index (κ3) is 3.59. The quantitative estimate of drug-likeness (QED) is 0.694. The van der Waals surface area contributed by atoms with Gasteiger partial charge >= 0.3 is 0 Å². The number of rotatable bonds is 4. The van der Waals surface area contributed by atoms with E-state index in [2.05, 4.69) is 10.2 Å². The summed E-state index contributed by atoms with van der Waals surface area (Å²) in [6.07, 6.45) is 2.62. The maximum absolute atomic E-state index is 5.85. The Morgan fingerprint density at radius 2 is 2.38 bits per heavy atom. The molecule has 0 amide bonds. The standard InChI is InChI=1S/C9H14ClN3/c1-8(10)5-7-13(2)9-4-3-6-11-12-9/h3-4,6,8H,5,7H2,1-2H3. The topological polar surface area (TPSA) is 29.0 Å². The molecule has 0 saturated heterocycles. The highest BCUT2D eigenvalue weighted by molar-refractivity contribution is 6.20. The smallest absolute Gasteiger partial charge is 0.150 e. The van der Waals surface area contributed by atoms with Gasteiger partial charge < -0.3 is 4.90 Å². The Morgan fingerprint density at radius 1 is 1.62 bits per heavy atom. The molecule has 0 bridgehead atoms. The predicted molar refractivity (Wildman–Crippen MR) is 55.2 cm³/mol. The van der Waals surface area contributed by atoms with Gasteiger partial charge in [-0.05, 0) is 25.5 Å². The highest BCUT2D eigenvalue weighted by Gasteiger charge is 2.03. The number of hydrogen-bond acceptors (Lipinski definition) is 3. The van der Waals surface area contributed by atoms with Crippen LogP contribution in [0.4, 0.5) is 5.82 Å². The molecule has 3 nitrogen and oxygen atoms in total. The van der Waals surface area contributed by atoms with Gasteiger partial charge in [-0.15, -0.1) is 16.7 Å². The van der Waals surface area contributed by atoms with Crippen molar-refractivity contribution in [2.75, 3.05) is 18.5 Å². The molecule has 72 valence electrons. The molecule has 0 aliphatic carbocycles. The van der Waals surface area contributed by atoms with Crippen LogP contribution in [0.15, 0.2) is 18.3 Å². The van der Waals surface area contributed by atoms with Crippen LogP contribution in [-0.4, -0.2) is 29.2 Å². The zero-order chi connectivity index (χ0) is 9.68. The molecule has 1 aromatic rings. The zero-order valence-electron chi connectivity index (χ0n) is 7.94. The van der Waals surface area contributed by atoms with Crippen LogP contribution < -0.4 is 4.90 Å². The molecule has 0 radical (unpaired) electrons. The molecule has 0 spiro atoms. The van der Waals surface area contributed by atoms with Crippen molar-refractivity contribution in [1.82, 2.24) is 10.2 Å². The summed E-state index contributed by atoms with van der Waals surface area (Å²) in [4.78, 5) is 2.05. The molecule has 0 aromatic carbocycles. The average molecular weight is 200 g/mol. The van der Waals surface area contributed by atoms with E-state index >= 15 is 0 Å². The fourth-order valence-corrected chi connectivity index (χ4v) is 1.08. The van der Waals surface area contributed by atoms with Crippen LogP contribution in [0.2, 0.25) is 0 Å². The van der Waals surface area contributed by atoms with Gasteiger partial charge in [-0.1, -0.05) is 0 Å². The van der Waals surface area contributed by atoms with Crippen LogP contribution in [0.3, 0.4) is 0 Å². The van der Waals surface area contributed by atoms with E-state index in [0.29, 0.717) is 0 Å². The van der Waals surface area contributed by atoms with Gasteiger partial charge in [0.25, 0.3) is 0 Å². The van der Waals surface area contributed by atoms with Crippen LogP contribution in [0.1, 0.15) is 13.3 Å². The summed E-state index contributed by atoms with van der Waals surface area (Å²) in [5, 5.41) is 8.01. The lowest BCUT2D eigenvalue weighted by atomic mass is 10.3. The lowest BCUT2D eigenvalue weighted by molar-refractivity contribution is 0.758. The Bertz CT molecular complexity index is 238. The van der Waals surface area contributed by atoms with E-state index in [4.69, 9.17) is 11.6 Å². The number of alkyl halides is 1. The molecular weight excluding hydrogens is 186 g/mol. The molecule has 1 aromatic heterocycles. The van der Waals surface area contributed by atoms with Crippen molar-refractivity contribution in [2.24, 2.45) is 0 Å². The first kappa shape index (κ1) is 10.3. The summed E-state index contributed by atoms with van der Waals surface area (Å²) in [6.45, 7) is 2.90. The van der Waals surface area contributed by atoms with Gasteiger partial charge in [0, 0.05) is 25.2 Å². The second kappa shape index (κ2) is 5.02. The fraction of sp³-hybridized carbons (Fsp3) is 0.556. The molecule has 1 rings (SSSR count). The van der Waals surface area contributed by atoms with Crippen molar-refractivity contribution in [2.45, 2.75) is 18.7 Å². The van der Waals surface area contributed by atoms with E-state index in [1.165, 1.54) is 0 Å². The highest BCUT2D eigenvalue weighted by atomic mass is 35.5. The van der Waals surface area contributed by atoms with Gasteiger partial charge in [-0.25, -0.2) is 0 Å². The maximum atomic E-state index is 5.85. The number of nitrogens with zero attached hydrogens (tertiary/aromatic N) is 3.